The van der Waals surface area contributed by atoms with Crippen molar-refractivity contribution in [3.8, 4) is 0 Å². The summed E-state index contributed by atoms with van der Waals surface area (Å²) in [7, 11) is -3.94. The predicted molar refractivity (Wildman–Crippen MR) is 221 cm³/mol. The summed E-state index contributed by atoms with van der Waals surface area (Å²) in [5, 5.41) is 7.91. The first-order valence-electron chi connectivity index (χ1n) is 20.1. The molecule has 1 aromatic heterocycles. The smallest absolute Gasteiger partial charge is 0.407 e. The summed E-state index contributed by atoms with van der Waals surface area (Å²) in [5.74, 6) is -5.07. The number of pyridine rings is 1. The maximum absolute atomic E-state index is 16.1. The SMILES string of the molecule is CC(C)(C)OC(=O)NCC(N)CNC(=O)C1CCC(C(F)(F)c2cc(Cl)nc(N3CCN(S(=O)(=O)c4ccc(N5C[C@H](NC(=O)OC(C)(C)C)CC5=O)cc4)CC3)c2)CC1. The van der Waals surface area contributed by atoms with E-state index in [1.54, 1.807) is 58.6 Å². The number of piperazine rings is 1. The Morgan fingerprint density at radius 1 is 0.900 bits per heavy atom. The van der Waals surface area contributed by atoms with Crippen molar-refractivity contribution in [2.45, 2.75) is 108 Å². The first-order chi connectivity index (χ1) is 27.9. The molecule has 1 aliphatic carbocycles. The van der Waals surface area contributed by atoms with Crippen LogP contribution in [0, 0.1) is 11.8 Å². The summed E-state index contributed by atoms with van der Waals surface area (Å²) in [5.41, 5.74) is 4.86. The molecule has 2 atom stereocenters. The van der Waals surface area contributed by atoms with Gasteiger partial charge in [0.2, 0.25) is 21.8 Å². The summed E-state index contributed by atoms with van der Waals surface area (Å²) >= 11 is 6.29. The third-order valence-electron chi connectivity index (χ3n) is 10.4. The molecule has 5 rings (SSSR count). The van der Waals surface area contributed by atoms with Gasteiger partial charge < -0.3 is 41.0 Å². The zero-order valence-corrected chi connectivity index (χ0v) is 36.5. The topological polar surface area (TPSA) is 206 Å². The fourth-order valence-electron chi connectivity index (χ4n) is 7.40. The van der Waals surface area contributed by atoms with Gasteiger partial charge in [-0.25, -0.2) is 31.8 Å². The van der Waals surface area contributed by atoms with Gasteiger partial charge >= 0.3 is 12.2 Å². The second kappa shape index (κ2) is 18.7. The molecule has 3 fully saturated rings. The molecule has 0 bridgehead atoms. The van der Waals surface area contributed by atoms with Crippen molar-refractivity contribution in [2.24, 2.45) is 17.6 Å². The van der Waals surface area contributed by atoms with Gasteiger partial charge in [-0.3, -0.25) is 9.59 Å². The van der Waals surface area contributed by atoms with Crippen molar-refractivity contribution in [3.05, 3.63) is 47.1 Å². The normalized spacial score (nSPS) is 21.3. The first kappa shape index (κ1) is 46.7. The molecular formula is C40H57ClF2N8O8S. The lowest BCUT2D eigenvalue weighted by Crippen LogP contribution is -2.49. The molecule has 2 saturated heterocycles. The number of alkyl carbamates (subject to hydrolysis) is 2. The lowest BCUT2D eigenvalue weighted by atomic mass is 9.77. The summed E-state index contributed by atoms with van der Waals surface area (Å²) in [6.07, 6.45) is -0.458. The van der Waals surface area contributed by atoms with E-state index in [0.717, 1.165) is 6.07 Å². The number of hydrogen-bond acceptors (Lipinski definition) is 11. The molecule has 0 spiro atoms. The number of halogens is 3. The third-order valence-corrected chi connectivity index (χ3v) is 12.5. The van der Waals surface area contributed by atoms with Crippen LogP contribution in [-0.4, -0.2) is 111 Å². The van der Waals surface area contributed by atoms with Crippen LogP contribution in [0.15, 0.2) is 41.3 Å². The number of ether oxygens (including phenoxy) is 2. The Balaban J connectivity index is 1.11. The number of benzene rings is 1. The van der Waals surface area contributed by atoms with Gasteiger partial charge in [0.25, 0.3) is 5.92 Å². The molecular weight excluding hydrogens is 826 g/mol. The van der Waals surface area contributed by atoms with Crippen LogP contribution in [0.4, 0.5) is 29.9 Å². The zero-order chi connectivity index (χ0) is 44.2. The van der Waals surface area contributed by atoms with Gasteiger partial charge in [-0.05, 0) is 104 Å². The highest BCUT2D eigenvalue weighted by Gasteiger charge is 2.45. The minimum Gasteiger partial charge on any atom is -0.444 e. The largest absolute Gasteiger partial charge is 0.444 e. The van der Waals surface area contributed by atoms with Crippen LogP contribution in [0.25, 0.3) is 0 Å². The van der Waals surface area contributed by atoms with E-state index in [9.17, 15) is 27.6 Å². The quantitative estimate of drug-likeness (QED) is 0.214. The summed E-state index contributed by atoms with van der Waals surface area (Å²) in [4.78, 5) is 57.2. The molecule has 3 heterocycles. The molecule has 1 saturated carbocycles. The molecule has 60 heavy (non-hydrogen) atoms. The van der Waals surface area contributed by atoms with Gasteiger partial charge in [0.1, 0.15) is 22.2 Å². The van der Waals surface area contributed by atoms with Crippen LogP contribution in [-0.2, 0) is 35.0 Å². The van der Waals surface area contributed by atoms with Crippen molar-refractivity contribution in [1.29, 1.82) is 0 Å². The van der Waals surface area contributed by atoms with Gasteiger partial charge in [0, 0.05) is 81.4 Å². The minimum atomic E-state index is -3.94. The number of nitrogens with two attached hydrogens (primary N) is 1. The summed E-state index contributed by atoms with van der Waals surface area (Å²) < 4.78 is 71.2. The maximum atomic E-state index is 16.1. The van der Waals surface area contributed by atoms with E-state index < -0.39 is 63.3 Å². The highest BCUT2D eigenvalue weighted by atomic mass is 35.5. The second-order valence-corrected chi connectivity index (χ2v) is 19.9. The van der Waals surface area contributed by atoms with E-state index in [0.29, 0.717) is 5.69 Å². The lowest BCUT2D eigenvalue weighted by Gasteiger charge is -2.36. The van der Waals surface area contributed by atoms with Crippen molar-refractivity contribution in [2.75, 3.05) is 55.6 Å². The van der Waals surface area contributed by atoms with Gasteiger partial charge in [-0.2, -0.15) is 4.31 Å². The fourth-order valence-corrected chi connectivity index (χ4v) is 9.03. The Kier molecular flexibility index (Phi) is 14.6. The molecule has 20 heteroatoms. The fraction of sp³-hybridized carbons (Fsp3) is 0.625. The predicted octanol–water partition coefficient (Wildman–Crippen LogP) is 4.74. The minimum absolute atomic E-state index is 0.0287. The number of nitrogens with zero attached hydrogens (tertiary/aromatic N) is 4. The van der Waals surface area contributed by atoms with E-state index >= 15 is 8.78 Å². The van der Waals surface area contributed by atoms with Crippen molar-refractivity contribution in [3.63, 3.8) is 0 Å². The number of aromatic nitrogens is 1. The average molecular weight is 883 g/mol. The second-order valence-electron chi connectivity index (χ2n) is 17.5. The van der Waals surface area contributed by atoms with Crippen LogP contribution < -0.4 is 31.5 Å². The Bertz CT molecular complexity index is 1980. The van der Waals surface area contributed by atoms with E-state index in [2.05, 4.69) is 20.9 Å². The molecule has 3 aliphatic rings. The number of carbonyl (C=O) groups excluding carboxylic acids is 4. The van der Waals surface area contributed by atoms with Gasteiger partial charge in [-0.1, -0.05) is 11.6 Å². The summed E-state index contributed by atoms with van der Waals surface area (Å²) in [6, 6.07) is 7.35. The molecule has 0 radical (unpaired) electrons. The number of alkyl halides is 2. The number of rotatable bonds is 12. The standard InChI is InChI=1S/C40H57ClF2N8O8S/c1-38(2,3)58-36(54)46-23-28(44)22-45-35(53)25-7-9-26(10-8-25)40(42,43)27-19-32(41)48-33(20-27)49-15-17-50(18-16-49)60(56,57)31-13-11-30(12-14-31)51-24-29(21-34(51)52)47-37(55)59-39(4,5)6/h11-14,19-20,25-26,28-29H,7-10,15-18,21-24,44H2,1-6H3,(H,45,53)(H,46,54)(H,47,55)/t25?,26?,28?,29-/m1/s1. The van der Waals surface area contributed by atoms with Crippen LogP contribution in [0.1, 0.15) is 79.2 Å². The van der Waals surface area contributed by atoms with Crippen LogP contribution in [0.5, 0.6) is 0 Å². The highest BCUT2D eigenvalue weighted by molar-refractivity contribution is 7.89. The van der Waals surface area contributed by atoms with E-state index in [1.165, 1.54) is 27.4 Å². The summed E-state index contributed by atoms with van der Waals surface area (Å²) in [6.45, 7) is 11.3. The Morgan fingerprint density at radius 3 is 2.08 bits per heavy atom. The lowest BCUT2D eigenvalue weighted by molar-refractivity contribution is -0.129. The Morgan fingerprint density at radius 2 is 1.48 bits per heavy atom. The van der Waals surface area contributed by atoms with E-state index in [-0.39, 0.29) is 111 Å². The van der Waals surface area contributed by atoms with Crippen molar-refractivity contribution in [1.82, 2.24) is 25.2 Å². The number of sulfonamides is 1. The van der Waals surface area contributed by atoms with Crippen LogP contribution in [0.2, 0.25) is 5.15 Å². The van der Waals surface area contributed by atoms with Crippen molar-refractivity contribution >= 4 is 57.1 Å². The third kappa shape index (κ3) is 12.4. The van der Waals surface area contributed by atoms with Crippen molar-refractivity contribution < 1.29 is 45.9 Å². The molecule has 16 nitrogen and oxygen atoms in total. The number of carbonyl (C=O) groups is 4. The number of amides is 4. The van der Waals surface area contributed by atoms with Crippen LogP contribution >= 0.6 is 11.6 Å². The van der Waals surface area contributed by atoms with E-state index in [1.807, 2.05) is 0 Å². The Hall–Kier alpha value is -4.33. The molecule has 1 unspecified atom stereocenters. The molecule has 332 valence electrons. The molecule has 2 aliphatic heterocycles. The van der Waals surface area contributed by atoms with Gasteiger partial charge in [-0.15, -0.1) is 0 Å². The number of hydrogen-bond donors (Lipinski definition) is 4. The molecule has 4 amide bonds. The number of nitrogens with one attached hydrogen (secondary N) is 3. The van der Waals surface area contributed by atoms with Crippen LogP contribution in [0.3, 0.4) is 0 Å². The van der Waals surface area contributed by atoms with E-state index in [4.69, 9.17) is 26.8 Å². The molecule has 1 aromatic carbocycles. The van der Waals surface area contributed by atoms with Gasteiger partial charge in [0.05, 0.1) is 10.9 Å². The highest BCUT2D eigenvalue weighted by Crippen LogP contribution is 2.46. The average Bonchev–Trinajstić information content (AvgIpc) is 3.53. The molecule has 2 aromatic rings. The monoisotopic (exact) mass is 882 g/mol. The first-order valence-corrected chi connectivity index (χ1v) is 21.9. The zero-order valence-electron chi connectivity index (χ0n) is 34.9. The van der Waals surface area contributed by atoms with Gasteiger partial charge in [0.15, 0.2) is 0 Å². The number of anilines is 2. The maximum Gasteiger partial charge on any atom is 0.407 e. The molecule has 5 N–H and O–H groups in total. The Labute approximate surface area is 355 Å².